The van der Waals surface area contributed by atoms with Gasteiger partial charge in [-0.3, -0.25) is 0 Å². The molecule has 3 rings (SSSR count). The van der Waals surface area contributed by atoms with E-state index < -0.39 is 0 Å². The SMILES string of the molecule is OCCCc1nc(C2(c3ccccc3)CC2)no1. The van der Waals surface area contributed by atoms with E-state index in [-0.39, 0.29) is 12.0 Å². The van der Waals surface area contributed by atoms with Crippen LogP contribution in [0.5, 0.6) is 0 Å². The van der Waals surface area contributed by atoms with E-state index in [0.717, 1.165) is 18.7 Å². The monoisotopic (exact) mass is 244 g/mol. The van der Waals surface area contributed by atoms with Gasteiger partial charge in [0.1, 0.15) is 0 Å². The average molecular weight is 244 g/mol. The Bertz CT molecular complexity index is 518. The lowest BCUT2D eigenvalue weighted by molar-refractivity contribution is 0.278. The molecule has 1 N–H and O–H groups in total. The maximum atomic E-state index is 8.79. The first kappa shape index (κ1) is 11.4. The third kappa shape index (κ3) is 1.93. The number of aliphatic hydroxyl groups excluding tert-OH is 1. The van der Waals surface area contributed by atoms with Crippen LogP contribution in [-0.4, -0.2) is 21.9 Å². The van der Waals surface area contributed by atoms with E-state index in [0.29, 0.717) is 18.7 Å². The molecule has 94 valence electrons. The summed E-state index contributed by atoms with van der Waals surface area (Å²) in [6.45, 7) is 0.154. The molecule has 0 amide bonds. The third-order valence-corrected chi connectivity index (χ3v) is 3.52. The Morgan fingerprint density at radius 2 is 2.00 bits per heavy atom. The number of rotatable bonds is 5. The molecule has 1 aromatic heterocycles. The molecule has 0 spiro atoms. The normalized spacial score (nSPS) is 16.7. The minimum atomic E-state index is -0.0256. The molecule has 4 nitrogen and oxygen atoms in total. The van der Waals surface area contributed by atoms with Crippen molar-refractivity contribution in [3.05, 3.63) is 47.6 Å². The summed E-state index contributed by atoms with van der Waals surface area (Å²) in [5, 5.41) is 12.9. The number of benzene rings is 1. The number of aryl methyl sites for hydroxylation is 1. The molecule has 1 aliphatic carbocycles. The Balaban J connectivity index is 1.84. The Kier molecular flexibility index (Phi) is 2.88. The maximum absolute atomic E-state index is 8.79. The Morgan fingerprint density at radius 3 is 2.67 bits per heavy atom. The first-order valence-corrected chi connectivity index (χ1v) is 6.35. The molecule has 0 radical (unpaired) electrons. The molecule has 2 aromatic rings. The summed E-state index contributed by atoms with van der Waals surface area (Å²) in [6, 6.07) is 10.3. The quantitative estimate of drug-likeness (QED) is 0.874. The molecule has 4 heteroatoms. The lowest BCUT2D eigenvalue weighted by Crippen LogP contribution is -2.10. The van der Waals surface area contributed by atoms with Gasteiger partial charge >= 0.3 is 0 Å². The maximum Gasteiger partial charge on any atom is 0.226 e. The van der Waals surface area contributed by atoms with Gasteiger partial charge in [-0.05, 0) is 24.8 Å². The molecule has 0 unspecified atom stereocenters. The van der Waals surface area contributed by atoms with Gasteiger partial charge in [-0.15, -0.1) is 0 Å². The highest BCUT2D eigenvalue weighted by Gasteiger charge is 2.49. The van der Waals surface area contributed by atoms with Gasteiger partial charge in [0.05, 0.1) is 5.41 Å². The molecular formula is C14H16N2O2. The molecule has 1 aliphatic rings. The van der Waals surface area contributed by atoms with Crippen molar-refractivity contribution in [2.45, 2.75) is 31.1 Å². The highest BCUT2D eigenvalue weighted by atomic mass is 16.5. The molecule has 0 atom stereocenters. The van der Waals surface area contributed by atoms with Crippen molar-refractivity contribution in [1.29, 1.82) is 0 Å². The van der Waals surface area contributed by atoms with Crippen LogP contribution in [0, 0.1) is 0 Å². The van der Waals surface area contributed by atoms with Gasteiger partial charge in [0.2, 0.25) is 5.89 Å². The second-order valence-corrected chi connectivity index (χ2v) is 4.79. The predicted octanol–water partition coefficient (Wildman–Crippen LogP) is 2.07. The van der Waals surface area contributed by atoms with Gasteiger partial charge in [0, 0.05) is 13.0 Å². The molecular weight excluding hydrogens is 228 g/mol. The van der Waals surface area contributed by atoms with Crippen LogP contribution in [0.3, 0.4) is 0 Å². The molecule has 18 heavy (non-hydrogen) atoms. The summed E-state index contributed by atoms with van der Waals surface area (Å²) in [7, 11) is 0. The Labute approximate surface area is 106 Å². The highest BCUT2D eigenvalue weighted by Crippen LogP contribution is 2.52. The topological polar surface area (TPSA) is 59.2 Å². The zero-order chi connectivity index (χ0) is 12.4. The average Bonchev–Trinajstić information content (AvgIpc) is 3.10. The summed E-state index contributed by atoms with van der Waals surface area (Å²) in [5.74, 6) is 1.42. The first-order valence-electron chi connectivity index (χ1n) is 6.35. The summed E-state index contributed by atoms with van der Waals surface area (Å²) in [6.07, 6.45) is 3.47. The van der Waals surface area contributed by atoms with E-state index in [9.17, 15) is 0 Å². The summed E-state index contributed by atoms with van der Waals surface area (Å²) < 4.78 is 5.24. The minimum Gasteiger partial charge on any atom is -0.396 e. The van der Waals surface area contributed by atoms with Crippen LogP contribution in [0.1, 0.15) is 36.5 Å². The first-order chi connectivity index (χ1) is 8.85. The van der Waals surface area contributed by atoms with Crippen molar-refractivity contribution in [2.75, 3.05) is 6.61 Å². The summed E-state index contributed by atoms with van der Waals surface area (Å²) in [4.78, 5) is 4.47. The zero-order valence-corrected chi connectivity index (χ0v) is 10.2. The fourth-order valence-corrected chi connectivity index (χ4v) is 2.30. The summed E-state index contributed by atoms with van der Waals surface area (Å²) in [5.41, 5.74) is 1.24. The molecule has 1 heterocycles. The summed E-state index contributed by atoms with van der Waals surface area (Å²) >= 11 is 0. The van der Waals surface area contributed by atoms with E-state index >= 15 is 0 Å². The number of hydrogen-bond acceptors (Lipinski definition) is 4. The van der Waals surface area contributed by atoms with Crippen LogP contribution in [0.15, 0.2) is 34.9 Å². The van der Waals surface area contributed by atoms with Gasteiger partial charge in [-0.1, -0.05) is 35.5 Å². The smallest absolute Gasteiger partial charge is 0.226 e. The third-order valence-electron chi connectivity index (χ3n) is 3.52. The molecule has 1 fully saturated rings. The van der Waals surface area contributed by atoms with E-state index in [2.05, 4.69) is 22.3 Å². The number of nitrogens with zero attached hydrogens (tertiary/aromatic N) is 2. The van der Waals surface area contributed by atoms with E-state index in [1.54, 1.807) is 0 Å². The Hall–Kier alpha value is -1.68. The lowest BCUT2D eigenvalue weighted by Gasteiger charge is -2.09. The van der Waals surface area contributed by atoms with Crippen molar-refractivity contribution < 1.29 is 9.63 Å². The van der Waals surface area contributed by atoms with Crippen molar-refractivity contribution in [3.63, 3.8) is 0 Å². The second kappa shape index (κ2) is 4.53. The minimum absolute atomic E-state index is 0.0256. The fourth-order valence-electron chi connectivity index (χ4n) is 2.30. The van der Waals surface area contributed by atoms with E-state index in [4.69, 9.17) is 9.63 Å². The molecule has 0 bridgehead atoms. The standard InChI is InChI=1S/C14H16N2O2/c17-10-4-7-12-15-13(16-18-12)14(8-9-14)11-5-2-1-3-6-11/h1-3,5-6,17H,4,7-10H2. The molecule has 0 aliphatic heterocycles. The van der Waals surface area contributed by atoms with Gasteiger partial charge < -0.3 is 9.63 Å². The van der Waals surface area contributed by atoms with Crippen LogP contribution in [0.4, 0.5) is 0 Å². The van der Waals surface area contributed by atoms with Crippen molar-refractivity contribution in [3.8, 4) is 0 Å². The number of aliphatic hydroxyl groups is 1. The van der Waals surface area contributed by atoms with Crippen molar-refractivity contribution in [1.82, 2.24) is 10.1 Å². The zero-order valence-electron chi connectivity index (χ0n) is 10.2. The van der Waals surface area contributed by atoms with E-state index in [1.807, 2.05) is 18.2 Å². The Morgan fingerprint density at radius 1 is 1.22 bits per heavy atom. The van der Waals surface area contributed by atoms with Gasteiger partial charge in [0.25, 0.3) is 0 Å². The number of aromatic nitrogens is 2. The van der Waals surface area contributed by atoms with E-state index in [1.165, 1.54) is 5.56 Å². The fraction of sp³-hybridized carbons (Fsp3) is 0.429. The highest BCUT2D eigenvalue weighted by molar-refractivity contribution is 5.38. The van der Waals surface area contributed by atoms with Crippen LogP contribution < -0.4 is 0 Å². The molecule has 0 saturated heterocycles. The molecule has 1 saturated carbocycles. The van der Waals surface area contributed by atoms with Crippen LogP contribution >= 0.6 is 0 Å². The lowest BCUT2D eigenvalue weighted by atomic mass is 9.95. The van der Waals surface area contributed by atoms with Crippen LogP contribution in [0.25, 0.3) is 0 Å². The number of hydrogen-bond donors (Lipinski definition) is 1. The van der Waals surface area contributed by atoms with Crippen molar-refractivity contribution >= 4 is 0 Å². The van der Waals surface area contributed by atoms with Gasteiger partial charge in [-0.2, -0.15) is 4.98 Å². The second-order valence-electron chi connectivity index (χ2n) is 4.79. The predicted molar refractivity (Wildman–Crippen MR) is 66.2 cm³/mol. The van der Waals surface area contributed by atoms with Crippen LogP contribution in [-0.2, 0) is 11.8 Å². The largest absolute Gasteiger partial charge is 0.396 e. The van der Waals surface area contributed by atoms with Gasteiger partial charge in [-0.25, -0.2) is 0 Å². The molecule has 1 aromatic carbocycles. The van der Waals surface area contributed by atoms with Crippen molar-refractivity contribution in [2.24, 2.45) is 0 Å². The van der Waals surface area contributed by atoms with Gasteiger partial charge in [0.15, 0.2) is 5.82 Å². The van der Waals surface area contributed by atoms with Crippen LogP contribution in [0.2, 0.25) is 0 Å².